The number of rotatable bonds is 6. The molecule has 84 valence electrons. The topological polar surface area (TPSA) is 72.4 Å². The number of hydrogen-bond donors (Lipinski definition) is 2. The Balaban J connectivity index is 4.31. The maximum Gasteiger partial charge on any atom is 0.234 e. The van der Waals surface area contributed by atoms with Gasteiger partial charge in [-0.15, -0.1) is 0 Å². The molecule has 0 aliphatic rings. The second-order valence-electron chi connectivity index (χ2n) is 4.61. The van der Waals surface area contributed by atoms with E-state index in [1.54, 1.807) is 0 Å². The Labute approximate surface area is 86.6 Å². The van der Waals surface area contributed by atoms with Gasteiger partial charge >= 0.3 is 0 Å². The van der Waals surface area contributed by atoms with Crippen molar-refractivity contribution in [2.45, 2.75) is 33.2 Å². The smallest absolute Gasteiger partial charge is 0.234 e. The van der Waals surface area contributed by atoms with E-state index in [1.165, 1.54) is 0 Å². The molecule has 0 aromatic heterocycles. The van der Waals surface area contributed by atoms with E-state index >= 15 is 0 Å². The highest BCUT2D eigenvalue weighted by atomic mass is 16.1. The lowest BCUT2D eigenvalue weighted by Crippen LogP contribution is -2.47. The van der Waals surface area contributed by atoms with Crippen molar-refractivity contribution in [1.29, 1.82) is 0 Å². The van der Waals surface area contributed by atoms with Crippen molar-refractivity contribution in [3.63, 3.8) is 0 Å². The molecule has 0 bridgehead atoms. The van der Waals surface area contributed by atoms with Crippen LogP contribution in [-0.2, 0) is 4.79 Å². The van der Waals surface area contributed by atoms with E-state index < -0.39 is 0 Å². The molecule has 0 radical (unpaired) electrons. The van der Waals surface area contributed by atoms with Crippen LogP contribution in [0.25, 0.3) is 0 Å². The van der Waals surface area contributed by atoms with E-state index in [4.69, 9.17) is 11.5 Å². The van der Waals surface area contributed by atoms with Crippen LogP contribution < -0.4 is 11.5 Å². The van der Waals surface area contributed by atoms with Gasteiger partial charge in [-0.25, -0.2) is 0 Å². The highest BCUT2D eigenvalue weighted by molar-refractivity contribution is 5.79. The first kappa shape index (κ1) is 13.4. The molecule has 0 aliphatic carbocycles. The van der Waals surface area contributed by atoms with Gasteiger partial charge in [0.05, 0.1) is 6.04 Å². The summed E-state index contributed by atoms with van der Waals surface area (Å²) in [5.41, 5.74) is 11.0. The van der Waals surface area contributed by atoms with Crippen LogP contribution in [0, 0.1) is 5.41 Å². The van der Waals surface area contributed by atoms with E-state index in [0.717, 1.165) is 13.0 Å². The minimum atomic E-state index is -0.261. The molecule has 0 saturated heterocycles. The molecule has 1 atom stereocenters. The predicted molar refractivity (Wildman–Crippen MR) is 58.7 cm³/mol. The van der Waals surface area contributed by atoms with Crippen molar-refractivity contribution < 1.29 is 4.79 Å². The summed E-state index contributed by atoms with van der Waals surface area (Å²) >= 11 is 0. The monoisotopic (exact) mass is 201 g/mol. The zero-order valence-corrected chi connectivity index (χ0v) is 9.71. The van der Waals surface area contributed by atoms with E-state index in [-0.39, 0.29) is 17.4 Å². The third-order valence-electron chi connectivity index (χ3n) is 2.48. The summed E-state index contributed by atoms with van der Waals surface area (Å²) in [5.74, 6) is -0.261. The summed E-state index contributed by atoms with van der Waals surface area (Å²) in [6.07, 6.45) is 0.743. The average Bonchev–Trinajstić information content (AvgIpc) is 2.03. The molecule has 0 spiro atoms. The molecular weight excluding hydrogens is 178 g/mol. The molecular formula is C10H23N3O. The lowest BCUT2D eigenvalue weighted by atomic mass is 9.92. The van der Waals surface area contributed by atoms with Gasteiger partial charge in [0.1, 0.15) is 0 Å². The van der Waals surface area contributed by atoms with Crippen LogP contribution in [0.3, 0.4) is 0 Å². The Hall–Kier alpha value is -0.610. The van der Waals surface area contributed by atoms with Crippen molar-refractivity contribution in [1.82, 2.24) is 4.90 Å². The number of carbonyl (C=O) groups excluding carboxylic acids is 1. The zero-order valence-electron chi connectivity index (χ0n) is 9.71. The molecule has 0 rings (SSSR count). The molecule has 0 aliphatic heterocycles. The van der Waals surface area contributed by atoms with E-state index in [0.29, 0.717) is 6.54 Å². The van der Waals surface area contributed by atoms with Gasteiger partial charge in [0.15, 0.2) is 0 Å². The second-order valence-corrected chi connectivity index (χ2v) is 4.61. The predicted octanol–water partition coefficient (Wildman–Crippen LogP) is 0.167. The Morgan fingerprint density at radius 3 is 2.29 bits per heavy atom. The third kappa shape index (κ3) is 4.07. The quantitative estimate of drug-likeness (QED) is 0.643. The van der Waals surface area contributed by atoms with Crippen LogP contribution in [0.2, 0.25) is 0 Å². The maximum absolute atomic E-state index is 11.1. The lowest BCUT2D eigenvalue weighted by molar-refractivity contribution is -0.123. The van der Waals surface area contributed by atoms with E-state index in [9.17, 15) is 4.79 Å². The van der Waals surface area contributed by atoms with Crippen LogP contribution in [-0.4, -0.2) is 37.0 Å². The summed E-state index contributed by atoms with van der Waals surface area (Å²) in [5, 5.41) is 0. The highest BCUT2D eigenvalue weighted by Gasteiger charge is 2.24. The molecule has 1 amide bonds. The van der Waals surface area contributed by atoms with Crippen molar-refractivity contribution in [2.24, 2.45) is 16.9 Å². The molecule has 0 saturated carbocycles. The van der Waals surface area contributed by atoms with Gasteiger partial charge in [-0.1, -0.05) is 20.8 Å². The number of nitrogens with zero attached hydrogens (tertiary/aromatic N) is 1. The molecule has 0 fully saturated rings. The molecule has 0 aromatic rings. The summed E-state index contributed by atoms with van der Waals surface area (Å²) in [6, 6.07) is -0.180. The van der Waals surface area contributed by atoms with Crippen molar-refractivity contribution in [2.75, 3.05) is 20.1 Å². The fourth-order valence-corrected chi connectivity index (χ4v) is 1.58. The third-order valence-corrected chi connectivity index (χ3v) is 2.48. The number of carbonyl (C=O) groups is 1. The minimum absolute atomic E-state index is 0.0254. The molecule has 1 unspecified atom stereocenters. The molecule has 0 heterocycles. The first-order chi connectivity index (χ1) is 6.34. The van der Waals surface area contributed by atoms with Crippen molar-refractivity contribution >= 4 is 5.91 Å². The first-order valence-corrected chi connectivity index (χ1v) is 5.03. The normalized spacial score (nSPS) is 14.4. The van der Waals surface area contributed by atoms with Crippen LogP contribution in [0.4, 0.5) is 0 Å². The molecule has 14 heavy (non-hydrogen) atoms. The number of likely N-dealkylation sites (N-methyl/N-ethyl adjacent to an activating group) is 1. The van der Waals surface area contributed by atoms with E-state index in [2.05, 4.69) is 13.8 Å². The van der Waals surface area contributed by atoms with Crippen LogP contribution >= 0.6 is 0 Å². The lowest BCUT2D eigenvalue weighted by Gasteiger charge is -2.32. The summed E-state index contributed by atoms with van der Waals surface area (Å²) in [7, 11) is 1.91. The van der Waals surface area contributed by atoms with Crippen molar-refractivity contribution in [3.8, 4) is 0 Å². The number of amides is 1. The largest absolute Gasteiger partial charge is 0.368 e. The van der Waals surface area contributed by atoms with Gasteiger partial charge in [0.25, 0.3) is 0 Å². The molecule has 4 heteroatoms. The average molecular weight is 201 g/mol. The van der Waals surface area contributed by atoms with Gasteiger partial charge in [-0.05, 0) is 25.4 Å². The Morgan fingerprint density at radius 2 is 2.00 bits per heavy atom. The summed E-state index contributed by atoms with van der Waals surface area (Å²) in [4.78, 5) is 13.1. The van der Waals surface area contributed by atoms with Gasteiger partial charge in [-0.3, -0.25) is 9.69 Å². The number of primary amides is 1. The van der Waals surface area contributed by atoms with Crippen LogP contribution in [0.15, 0.2) is 0 Å². The summed E-state index contributed by atoms with van der Waals surface area (Å²) < 4.78 is 0. The molecule has 4 nitrogen and oxygen atoms in total. The second kappa shape index (κ2) is 5.32. The maximum atomic E-state index is 11.1. The van der Waals surface area contributed by atoms with E-state index in [1.807, 2.05) is 18.9 Å². The van der Waals surface area contributed by atoms with Gasteiger partial charge in [0.2, 0.25) is 5.91 Å². The Bertz CT molecular complexity index is 192. The minimum Gasteiger partial charge on any atom is -0.368 e. The Morgan fingerprint density at radius 1 is 1.50 bits per heavy atom. The van der Waals surface area contributed by atoms with Crippen LogP contribution in [0.1, 0.15) is 27.2 Å². The number of hydrogen-bond acceptors (Lipinski definition) is 3. The fraction of sp³-hybridized carbons (Fsp3) is 0.900. The standard InChI is InChI=1S/C10H23N3O/c1-5-8(9(12)14)13(4)7-10(2,3)6-11/h8H,5-7,11H2,1-4H3,(H2,12,14). The molecule has 4 N–H and O–H groups in total. The van der Waals surface area contributed by atoms with Crippen molar-refractivity contribution in [3.05, 3.63) is 0 Å². The van der Waals surface area contributed by atoms with Gasteiger partial charge in [-0.2, -0.15) is 0 Å². The first-order valence-electron chi connectivity index (χ1n) is 5.03. The van der Waals surface area contributed by atoms with Crippen LogP contribution in [0.5, 0.6) is 0 Å². The Kier molecular flexibility index (Phi) is 5.08. The zero-order chi connectivity index (χ0) is 11.4. The summed E-state index contributed by atoms with van der Waals surface area (Å²) in [6.45, 7) is 7.51. The van der Waals surface area contributed by atoms with Gasteiger partial charge < -0.3 is 11.5 Å². The SMILES string of the molecule is CCC(C(N)=O)N(C)CC(C)(C)CN. The highest BCUT2D eigenvalue weighted by Crippen LogP contribution is 2.16. The van der Waals surface area contributed by atoms with Gasteiger partial charge in [0, 0.05) is 6.54 Å². The number of nitrogens with two attached hydrogens (primary N) is 2. The molecule has 0 aromatic carbocycles. The fourth-order valence-electron chi connectivity index (χ4n) is 1.58.